The van der Waals surface area contributed by atoms with Gasteiger partial charge in [0.15, 0.2) is 5.75 Å². The van der Waals surface area contributed by atoms with Crippen LogP contribution in [-0.4, -0.2) is 24.2 Å². The van der Waals surface area contributed by atoms with Gasteiger partial charge < -0.3 is 15.7 Å². The second kappa shape index (κ2) is 9.32. The van der Waals surface area contributed by atoms with E-state index in [4.69, 9.17) is 38.9 Å². The molecule has 0 saturated heterocycles. The predicted octanol–water partition coefficient (Wildman–Crippen LogP) is 5.73. The number of hydrogen-bond donors (Lipinski definition) is 2. The number of carboxylic acid groups (broad SMARTS) is 1. The van der Waals surface area contributed by atoms with Gasteiger partial charge in [0.05, 0.1) is 32.2 Å². The van der Waals surface area contributed by atoms with Gasteiger partial charge in [-0.2, -0.15) is 17.9 Å². The molecule has 0 fully saturated rings. The SMILES string of the molecule is N[C@H](C(=O)O)c1cc(Cl)c(On2cc(S(=O)(=O)c3ccc(C(F)(F)F)cc3)c3ccccc32)c(Cl)c1. The average molecular weight is 559 g/mol. The molecule has 7 nitrogen and oxygen atoms in total. The van der Waals surface area contributed by atoms with Gasteiger partial charge in [0.1, 0.15) is 10.9 Å². The first kappa shape index (κ1) is 25.8. The zero-order chi connectivity index (χ0) is 26.4. The molecule has 0 unspecified atom stereocenters. The summed E-state index contributed by atoms with van der Waals surface area (Å²) >= 11 is 12.5. The lowest BCUT2D eigenvalue weighted by atomic mass is 10.1. The van der Waals surface area contributed by atoms with Crippen molar-refractivity contribution in [2.45, 2.75) is 22.0 Å². The summed E-state index contributed by atoms with van der Waals surface area (Å²) in [6.07, 6.45) is -3.48. The lowest BCUT2D eigenvalue weighted by Gasteiger charge is -2.14. The highest BCUT2D eigenvalue weighted by Gasteiger charge is 2.31. The van der Waals surface area contributed by atoms with Crippen LogP contribution in [0.1, 0.15) is 17.2 Å². The highest BCUT2D eigenvalue weighted by Crippen LogP contribution is 2.38. The summed E-state index contributed by atoms with van der Waals surface area (Å²) in [5, 5.41) is 9.17. The molecule has 0 spiro atoms. The maximum atomic E-state index is 13.3. The Morgan fingerprint density at radius 1 is 1.03 bits per heavy atom. The van der Waals surface area contributed by atoms with Gasteiger partial charge in [0.25, 0.3) is 0 Å². The van der Waals surface area contributed by atoms with Crippen LogP contribution >= 0.6 is 23.2 Å². The predicted molar refractivity (Wildman–Crippen MR) is 126 cm³/mol. The second-order valence-electron chi connectivity index (χ2n) is 7.58. The number of aliphatic carboxylic acids is 1. The summed E-state index contributed by atoms with van der Waals surface area (Å²) in [6.45, 7) is 0. The molecule has 1 aromatic heterocycles. The lowest BCUT2D eigenvalue weighted by molar-refractivity contribution is -0.139. The van der Waals surface area contributed by atoms with Crippen LogP contribution in [0.4, 0.5) is 13.2 Å². The fourth-order valence-corrected chi connectivity index (χ4v) is 5.46. The van der Waals surface area contributed by atoms with Gasteiger partial charge in [-0.1, -0.05) is 41.4 Å². The third kappa shape index (κ3) is 4.74. The summed E-state index contributed by atoms with van der Waals surface area (Å²) in [7, 11) is -4.26. The molecule has 13 heteroatoms. The molecule has 0 saturated carbocycles. The molecule has 3 aromatic carbocycles. The molecule has 0 amide bonds. The van der Waals surface area contributed by atoms with E-state index in [9.17, 15) is 26.4 Å². The number of alkyl halides is 3. The van der Waals surface area contributed by atoms with E-state index < -0.39 is 33.6 Å². The third-order valence-electron chi connectivity index (χ3n) is 5.26. The molecular weight excluding hydrogens is 544 g/mol. The van der Waals surface area contributed by atoms with Crippen molar-refractivity contribution in [1.82, 2.24) is 4.73 Å². The topological polar surface area (TPSA) is 112 Å². The zero-order valence-electron chi connectivity index (χ0n) is 17.8. The number of benzene rings is 3. The highest BCUT2D eigenvalue weighted by atomic mass is 35.5. The van der Waals surface area contributed by atoms with Gasteiger partial charge in [-0.3, -0.25) is 4.79 Å². The number of aromatic nitrogens is 1. The number of carbonyl (C=O) groups is 1. The Morgan fingerprint density at radius 3 is 2.17 bits per heavy atom. The van der Waals surface area contributed by atoms with Crippen LogP contribution in [0.2, 0.25) is 10.0 Å². The molecule has 0 aliphatic carbocycles. The Bertz CT molecular complexity index is 1560. The van der Waals surface area contributed by atoms with Gasteiger partial charge in [0.2, 0.25) is 9.84 Å². The third-order valence-corrected chi connectivity index (χ3v) is 7.62. The smallest absolute Gasteiger partial charge is 0.416 e. The maximum absolute atomic E-state index is 13.3. The molecule has 4 rings (SSSR count). The van der Waals surface area contributed by atoms with Crippen LogP contribution in [0.25, 0.3) is 10.9 Å². The van der Waals surface area contributed by atoms with Crippen LogP contribution in [0.5, 0.6) is 5.75 Å². The minimum absolute atomic E-state index is 0.0841. The molecule has 188 valence electrons. The monoisotopic (exact) mass is 558 g/mol. The van der Waals surface area contributed by atoms with Gasteiger partial charge in [0, 0.05) is 5.39 Å². The van der Waals surface area contributed by atoms with Crippen LogP contribution in [0, 0.1) is 0 Å². The molecule has 0 bridgehead atoms. The van der Waals surface area contributed by atoms with Crippen LogP contribution < -0.4 is 10.6 Å². The standard InChI is InChI=1S/C23H15Cl2F3N2O5S/c24-16-9-12(20(29)22(31)32)10-17(25)21(16)35-30-11-19(15-3-1-2-4-18(15)30)36(33,34)14-7-5-13(6-8-14)23(26,27)28/h1-11,20H,29H2,(H,31,32)/t20-/m0/s1. The molecule has 1 atom stereocenters. The Balaban J connectivity index is 1.78. The van der Waals surface area contributed by atoms with Gasteiger partial charge in [-0.15, -0.1) is 0 Å². The molecule has 3 N–H and O–H groups in total. The van der Waals surface area contributed by atoms with E-state index in [1.54, 1.807) is 18.2 Å². The number of nitrogens with two attached hydrogens (primary N) is 1. The Morgan fingerprint density at radius 2 is 1.61 bits per heavy atom. The Labute approximate surface area is 212 Å². The van der Waals surface area contributed by atoms with Gasteiger partial charge in [-0.05, 0) is 48.0 Å². The fraction of sp³-hybridized carbons (Fsp3) is 0.0870. The first-order valence-electron chi connectivity index (χ1n) is 9.99. The van der Waals surface area contributed by atoms with Crippen molar-refractivity contribution in [3.63, 3.8) is 0 Å². The molecule has 36 heavy (non-hydrogen) atoms. The van der Waals surface area contributed by atoms with Crippen molar-refractivity contribution in [3.05, 3.63) is 88.0 Å². The number of carboxylic acids is 1. The highest BCUT2D eigenvalue weighted by molar-refractivity contribution is 7.91. The number of rotatable bonds is 6. The molecular formula is C23H15Cl2F3N2O5S. The molecule has 1 heterocycles. The number of nitrogens with zero attached hydrogens (tertiary/aromatic N) is 1. The van der Waals surface area contributed by atoms with E-state index in [1.807, 2.05) is 0 Å². The normalized spacial score (nSPS) is 13.1. The molecule has 0 aliphatic rings. The van der Waals surface area contributed by atoms with Crippen LogP contribution in [0.15, 0.2) is 76.7 Å². The van der Waals surface area contributed by atoms with Crippen LogP contribution in [-0.2, 0) is 20.8 Å². The van der Waals surface area contributed by atoms with E-state index in [0.29, 0.717) is 17.6 Å². The van der Waals surface area contributed by atoms with Crippen molar-refractivity contribution >= 4 is 49.9 Å². The van der Waals surface area contributed by atoms with Gasteiger partial charge >= 0.3 is 12.1 Å². The largest absolute Gasteiger partial charge is 0.480 e. The van der Waals surface area contributed by atoms with Crippen molar-refractivity contribution < 1.29 is 36.3 Å². The van der Waals surface area contributed by atoms with E-state index >= 15 is 0 Å². The number of fused-ring (bicyclic) bond motifs is 1. The number of halogens is 5. The number of hydrogen-bond acceptors (Lipinski definition) is 5. The number of para-hydroxylation sites is 1. The Kier molecular flexibility index (Phi) is 6.69. The van der Waals surface area contributed by atoms with Gasteiger partial charge in [-0.25, -0.2) is 8.42 Å². The van der Waals surface area contributed by atoms with Crippen LogP contribution in [0.3, 0.4) is 0 Å². The maximum Gasteiger partial charge on any atom is 0.416 e. The quantitative estimate of drug-likeness (QED) is 0.312. The van der Waals surface area contributed by atoms with E-state index in [0.717, 1.165) is 23.1 Å². The summed E-state index contributed by atoms with van der Waals surface area (Å²) in [5.41, 5.74) is 5.03. The minimum Gasteiger partial charge on any atom is -0.480 e. The zero-order valence-corrected chi connectivity index (χ0v) is 20.2. The first-order valence-corrected chi connectivity index (χ1v) is 12.2. The van der Waals surface area contributed by atoms with E-state index in [1.165, 1.54) is 18.2 Å². The lowest BCUT2D eigenvalue weighted by Crippen LogP contribution is -2.20. The van der Waals surface area contributed by atoms with Crippen molar-refractivity contribution in [1.29, 1.82) is 0 Å². The fourth-order valence-electron chi connectivity index (χ4n) is 3.45. The van der Waals surface area contributed by atoms with E-state index in [-0.39, 0.29) is 36.5 Å². The minimum atomic E-state index is -4.62. The van der Waals surface area contributed by atoms with E-state index in [2.05, 4.69) is 0 Å². The second-order valence-corrected chi connectivity index (χ2v) is 10.3. The average Bonchev–Trinajstić information content (AvgIpc) is 3.19. The number of sulfone groups is 1. The first-order chi connectivity index (χ1) is 16.8. The summed E-state index contributed by atoms with van der Waals surface area (Å²) < 4.78 is 66.4. The molecule has 0 radical (unpaired) electrons. The summed E-state index contributed by atoms with van der Waals surface area (Å²) in [4.78, 5) is 16.4. The van der Waals surface area contributed by atoms with Crippen molar-refractivity contribution in [2.75, 3.05) is 0 Å². The molecule has 4 aromatic rings. The Hall–Kier alpha value is -3.25. The summed E-state index contributed by atoms with van der Waals surface area (Å²) in [5.74, 6) is -1.40. The molecule has 0 aliphatic heterocycles. The van der Waals surface area contributed by atoms with Crippen molar-refractivity contribution in [2.24, 2.45) is 5.73 Å². The van der Waals surface area contributed by atoms with Crippen molar-refractivity contribution in [3.8, 4) is 5.75 Å². The summed E-state index contributed by atoms with van der Waals surface area (Å²) in [6, 6.07) is 10.5.